The molecule has 0 aromatic heterocycles. The zero-order valence-electron chi connectivity index (χ0n) is 10.9. The lowest BCUT2D eigenvalue weighted by atomic mass is 10.2. The number of carbonyl (C=O) groups is 2. The monoisotopic (exact) mass is 268 g/mol. The van der Waals surface area contributed by atoms with Crippen LogP contribution in [-0.4, -0.2) is 23.1 Å². The van der Waals surface area contributed by atoms with Gasteiger partial charge >= 0.3 is 12.0 Å². The summed E-state index contributed by atoms with van der Waals surface area (Å²) < 4.78 is 13.4. The standard InChI is InChI=1S/C13H17FN2O3/c1-8-3-5-10(14)11(7-8)16-13(19)15-9(2)4-6-12(17)18/h3,5,7,9H,4,6H2,1-2H3,(H,17,18)(H2,15,16,19). The maximum atomic E-state index is 13.4. The molecule has 1 unspecified atom stereocenters. The van der Waals surface area contributed by atoms with Gasteiger partial charge in [-0.1, -0.05) is 6.07 Å². The molecule has 6 heteroatoms. The van der Waals surface area contributed by atoms with E-state index < -0.39 is 17.8 Å². The molecule has 0 saturated heterocycles. The molecule has 104 valence electrons. The van der Waals surface area contributed by atoms with Crippen LogP contribution in [0.4, 0.5) is 14.9 Å². The van der Waals surface area contributed by atoms with E-state index >= 15 is 0 Å². The molecule has 0 aliphatic heterocycles. The second kappa shape index (κ2) is 6.72. The van der Waals surface area contributed by atoms with Gasteiger partial charge < -0.3 is 15.7 Å². The van der Waals surface area contributed by atoms with Crippen LogP contribution in [0.25, 0.3) is 0 Å². The van der Waals surface area contributed by atoms with Crippen LogP contribution in [0.2, 0.25) is 0 Å². The second-order valence-electron chi connectivity index (χ2n) is 4.42. The molecule has 0 aliphatic carbocycles. The number of halogens is 1. The van der Waals surface area contributed by atoms with E-state index in [2.05, 4.69) is 10.6 Å². The molecule has 0 fully saturated rings. The Hall–Kier alpha value is -2.11. The van der Waals surface area contributed by atoms with E-state index in [0.717, 1.165) is 5.56 Å². The molecule has 3 N–H and O–H groups in total. The zero-order chi connectivity index (χ0) is 14.4. The Morgan fingerprint density at radius 3 is 2.74 bits per heavy atom. The van der Waals surface area contributed by atoms with E-state index in [-0.39, 0.29) is 18.2 Å². The quantitative estimate of drug-likeness (QED) is 0.767. The minimum atomic E-state index is -0.918. The molecular formula is C13H17FN2O3. The van der Waals surface area contributed by atoms with E-state index in [0.29, 0.717) is 6.42 Å². The Labute approximate surface area is 110 Å². The average molecular weight is 268 g/mol. The van der Waals surface area contributed by atoms with Gasteiger partial charge in [-0.05, 0) is 38.0 Å². The van der Waals surface area contributed by atoms with Crippen LogP contribution in [0.15, 0.2) is 18.2 Å². The Kier molecular flexibility index (Phi) is 5.29. The number of aliphatic carboxylic acids is 1. The molecule has 1 aromatic rings. The third-order valence-electron chi connectivity index (χ3n) is 2.54. The van der Waals surface area contributed by atoms with Crippen molar-refractivity contribution in [3.05, 3.63) is 29.6 Å². The Bertz CT molecular complexity index is 477. The maximum Gasteiger partial charge on any atom is 0.319 e. The lowest BCUT2D eigenvalue weighted by Crippen LogP contribution is -2.36. The smallest absolute Gasteiger partial charge is 0.319 e. The van der Waals surface area contributed by atoms with E-state index in [1.165, 1.54) is 12.1 Å². The van der Waals surface area contributed by atoms with E-state index in [1.54, 1.807) is 19.9 Å². The summed E-state index contributed by atoms with van der Waals surface area (Å²) in [6, 6.07) is 3.55. The third kappa shape index (κ3) is 5.37. The maximum absolute atomic E-state index is 13.4. The van der Waals surface area contributed by atoms with Crippen LogP contribution in [0.1, 0.15) is 25.3 Å². The number of aryl methyl sites for hydroxylation is 1. The van der Waals surface area contributed by atoms with Gasteiger partial charge in [0.25, 0.3) is 0 Å². The number of nitrogens with one attached hydrogen (secondary N) is 2. The normalized spacial score (nSPS) is 11.7. The number of rotatable bonds is 5. The number of carbonyl (C=O) groups excluding carboxylic acids is 1. The molecule has 0 bridgehead atoms. The van der Waals surface area contributed by atoms with Crippen LogP contribution >= 0.6 is 0 Å². The molecule has 19 heavy (non-hydrogen) atoms. The largest absolute Gasteiger partial charge is 0.481 e. The molecule has 0 saturated carbocycles. The van der Waals surface area contributed by atoms with Gasteiger partial charge in [0, 0.05) is 12.5 Å². The molecule has 0 spiro atoms. The summed E-state index contributed by atoms with van der Waals surface area (Å²) in [5.41, 5.74) is 0.929. The number of hydrogen-bond donors (Lipinski definition) is 3. The number of hydrogen-bond acceptors (Lipinski definition) is 2. The molecule has 5 nitrogen and oxygen atoms in total. The number of amides is 2. The van der Waals surface area contributed by atoms with E-state index in [1.807, 2.05) is 0 Å². The van der Waals surface area contributed by atoms with Gasteiger partial charge in [-0.15, -0.1) is 0 Å². The van der Waals surface area contributed by atoms with Crippen molar-refractivity contribution in [2.24, 2.45) is 0 Å². The first kappa shape index (κ1) is 14.9. The number of carboxylic acids is 1. The first-order valence-electron chi connectivity index (χ1n) is 5.94. The van der Waals surface area contributed by atoms with Crippen molar-refractivity contribution in [2.45, 2.75) is 32.7 Å². The highest BCUT2D eigenvalue weighted by Crippen LogP contribution is 2.15. The van der Waals surface area contributed by atoms with Gasteiger partial charge in [0.15, 0.2) is 0 Å². The van der Waals surface area contributed by atoms with E-state index in [9.17, 15) is 14.0 Å². The highest BCUT2D eigenvalue weighted by atomic mass is 19.1. The summed E-state index contributed by atoms with van der Waals surface area (Å²) in [4.78, 5) is 22.0. The lowest BCUT2D eigenvalue weighted by Gasteiger charge is -2.14. The summed E-state index contributed by atoms with van der Waals surface area (Å²) in [7, 11) is 0. The van der Waals surface area contributed by atoms with Gasteiger partial charge in [0.2, 0.25) is 0 Å². The van der Waals surface area contributed by atoms with Crippen LogP contribution in [0, 0.1) is 12.7 Å². The predicted molar refractivity (Wildman–Crippen MR) is 69.6 cm³/mol. The highest BCUT2D eigenvalue weighted by Gasteiger charge is 2.11. The van der Waals surface area contributed by atoms with Crippen LogP contribution < -0.4 is 10.6 Å². The topological polar surface area (TPSA) is 78.4 Å². The molecule has 0 radical (unpaired) electrons. The number of benzene rings is 1. The molecular weight excluding hydrogens is 251 g/mol. The fourth-order valence-corrected chi connectivity index (χ4v) is 1.53. The molecule has 0 heterocycles. The number of anilines is 1. The first-order valence-corrected chi connectivity index (χ1v) is 5.94. The van der Waals surface area contributed by atoms with Crippen molar-refractivity contribution in [1.29, 1.82) is 0 Å². The van der Waals surface area contributed by atoms with Crippen molar-refractivity contribution < 1.29 is 19.1 Å². The van der Waals surface area contributed by atoms with Gasteiger partial charge in [-0.25, -0.2) is 9.18 Å². The van der Waals surface area contributed by atoms with Gasteiger partial charge in [0.1, 0.15) is 5.82 Å². The Morgan fingerprint density at radius 2 is 2.11 bits per heavy atom. The molecule has 0 aliphatic rings. The van der Waals surface area contributed by atoms with Crippen molar-refractivity contribution >= 4 is 17.7 Å². The minimum absolute atomic E-state index is 0.0275. The Morgan fingerprint density at radius 1 is 1.42 bits per heavy atom. The van der Waals surface area contributed by atoms with E-state index in [4.69, 9.17) is 5.11 Å². The highest BCUT2D eigenvalue weighted by molar-refractivity contribution is 5.89. The van der Waals surface area contributed by atoms with Gasteiger partial charge in [-0.2, -0.15) is 0 Å². The number of urea groups is 1. The SMILES string of the molecule is Cc1ccc(F)c(NC(=O)NC(C)CCC(=O)O)c1. The lowest BCUT2D eigenvalue weighted by molar-refractivity contribution is -0.137. The van der Waals surface area contributed by atoms with Crippen LogP contribution in [0.3, 0.4) is 0 Å². The Balaban J connectivity index is 2.50. The zero-order valence-corrected chi connectivity index (χ0v) is 10.9. The molecule has 2 amide bonds. The summed E-state index contributed by atoms with van der Waals surface area (Å²) in [5.74, 6) is -1.43. The molecule has 1 rings (SSSR count). The summed E-state index contributed by atoms with van der Waals surface area (Å²) in [6.07, 6.45) is 0.291. The van der Waals surface area contributed by atoms with Gasteiger partial charge in [0.05, 0.1) is 5.69 Å². The fraction of sp³-hybridized carbons (Fsp3) is 0.385. The summed E-state index contributed by atoms with van der Waals surface area (Å²) in [5, 5.41) is 13.5. The minimum Gasteiger partial charge on any atom is -0.481 e. The fourth-order valence-electron chi connectivity index (χ4n) is 1.53. The molecule has 1 aromatic carbocycles. The summed E-state index contributed by atoms with van der Waals surface area (Å²) in [6.45, 7) is 3.48. The van der Waals surface area contributed by atoms with Crippen molar-refractivity contribution in [2.75, 3.05) is 5.32 Å². The molecule has 1 atom stereocenters. The summed E-state index contributed by atoms with van der Waals surface area (Å²) >= 11 is 0. The first-order chi connectivity index (χ1) is 8.88. The predicted octanol–water partition coefficient (Wildman–Crippen LogP) is 2.51. The third-order valence-corrected chi connectivity index (χ3v) is 2.54. The van der Waals surface area contributed by atoms with Crippen molar-refractivity contribution in [3.8, 4) is 0 Å². The van der Waals surface area contributed by atoms with Crippen molar-refractivity contribution in [1.82, 2.24) is 5.32 Å². The van der Waals surface area contributed by atoms with Crippen LogP contribution in [0.5, 0.6) is 0 Å². The average Bonchev–Trinajstić information content (AvgIpc) is 2.31. The van der Waals surface area contributed by atoms with Gasteiger partial charge in [-0.3, -0.25) is 4.79 Å². The number of carboxylic acid groups (broad SMARTS) is 1. The van der Waals surface area contributed by atoms with Crippen LogP contribution in [-0.2, 0) is 4.79 Å². The van der Waals surface area contributed by atoms with Crippen molar-refractivity contribution in [3.63, 3.8) is 0 Å². The second-order valence-corrected chi connectivity index (χ2v) is 4.42.